The van der Waals surface area contributed by atoms with Crippen molar-refractivity contribution in [2.45, 2.75) is 24.5 Å². The molecule has 0 aromatic carbocycles. The lowest BCUT2D eigenvalue weighted by atomic mass is 10.1. The largest absolute Gasteiger partial charge is 0.394 e. The van der Waals surface area contributed by atoms with E-state index in [1.165, 1.54) is 6.19 Å². The molecule has 19 heavy (non-hydrogen) atoms. The fraction of sp³-hybridized carbons (Fsp3) is 0.500. The molecule has 0 bridgehead atoms. The highest BCUT2D eigenvalue weighted by Gasteiger charge is 2.43. The summed E-state index contributed by atoms with van der Waals surface area (Å²) in [7, 11) is 0. The minimum absolute atomic E-state index is 0.286. The number of rotatable bonds is 2. The summed E-state index contributed by atoms with van der Waals surface area (Å²) in [5.41, 5.74) is -1.81. The van der Waals surface area contributed by atoms with Crippen LogP contribution < -0.4 is 11.2 Å². The monoisotopic (exact) mass is 269 g/mol. The average molecular weight is 269 g/mol. The summed E-state index contributed by atoms with van der Waals surface area (Å²) in [6.07, 6.45) is -2.70. The highest BCUT2D eigenvalue weighted by Crippen LogP contribution is 2.27. The summed E-state index contributed by atoms with van der Waals surface area (Å²) in [4.78, 5) is 23.1. The van der Waals surface area contributed by atoms with E-state index in [1.54, 1.807) is 0 Å². The molecule has 9 heteroatoms. The molecule has 1 aromatic heterocycles. The predicted octanol–water partition coefficient (Wildman–Crippen LogP) is -3.05. The average Bonchev–Trinajstić information content (AvgIpc) is 2.67. The van der Waals surface area contributed by atoms with Crippen LogP contribution in [0.5, 0.6) is 0 Å². The minimum atomic E-state index is -1.46. The van der Waals surface area contributed by atoms with E-state index in [9.17, 15) is 19.8 Å². The first-order valence-electron chi connectivity index (χ1n) is 5.38. The van der Waals surface area contributed by atoms with Crippen molar-refractivity contribution in [1.29, 1.82) is 5.26 Å². The van der Waals surface area contributed by atoms with Crippen molar-refractivity contribution in [3.05, 3.63) is 33.1 Å². The van der Waals surface area contributed by atoms with Gasteiger partial charge in [0.25, 0.3) is 5.56 Å². The molecule has 2 heterocycles. The maximum atomic E-state index is 11.8. The molecular formula is C10H11N3O6. The molecule has 1 aliphatic heterocycles. The lowest BCUT2D eigenvalue weighted by Gasteiger charge is -2.17. The van der Waals surface area contributed by atoms with Crippen molar-refractivity contribution in [1.82, 2.24) is 9.13 Å². The Morgan fingerprint density at radius 2 is 2.05 bits per heavy atom. The normalized spacial score (nSPS) is 30.2. The van der Waals surface area contributed by atoms with E-state index in [-0.39, 0.29) is 4.57 Å². The van der Waals surface area contributed by atoms with Crippen LogP contribution in [0.3, 0.4) is 0 Å². The van der Waals surface area contributed by atoms with E-state index in [0.29, 0.717) is 0 Å². The van der Waals surface area contributed by atoms with Gasteiger partial charge in [0.1, 0.15) is 18.3 Å². The molecule has 1 aromatic rings. The topological polar surface area (TPSA) is 138 Å². The van der Waals surface area contributed by atoms with Gasteiger partial charge in [-0.3, -0.25) is 9.36 Å². The zero-order chi connectivity index (χ0) is 14.2. The number of hydrogen-bond donors (Lipinski definition) is 3. The summed E-state index contributed by atoms with van der Waals surface area (Å²) < 4.78 is 6.23. The van der Waals surface area contributed by atoms with Crippen LogP contribution in [0.15, 0.2) is 21.9 Å². The van der Waals surface area contributed by atoms with Gasteiger partial charge in [-0.15, -0.1) is 0 Å². The van der Waals surface area contributed by atoms with E-state index >= 15 is 0 Å². The van der Waals surface area contributed by atoms with Crippen LogP contribution >= 0.6 is 0 Å². The second kappa shape index (κ2) is 4.94. The number of ether oxygens (including phenoxy) is 1. The van der Waals surface area contributed by atoms with Gasteiger partial charge in [0.05, 0.1) is 6.61 Å². The molecule has 1 fully saturated rings. The maximum Gasteiger partial charge on any atom is 0.346 e. The number of aliphatic hydroxyl groups excluding tert-OH is 3. The van der Waals surface area contributed by atoms with Gasteiger partial charge in [-0.05, 0) is 0 Å². The Bertz CT molecular complexity index is 629. The summed E-state index contributed by atoms with van der Waals surface area (Å²) in [5.74, 6) is 0. The summed E-state index contributed by atoms with van der Waals surface area (Å²) in [6.45, 7) is -0.540. The van der Waals surface area contributed by atoms with Crippen molar-refractivity contribution in [2.75, 3.05) is 6.61 Å². The van der Waals surface area contributed by atoms with Gasteiger partial charge < -0.3 is 20.1 Å². The number of aromatic nitrogens is 2. The predicted molar refractivity (Wildman–Crippen MR) is 59.0 cm³/mol. The standard InChI is InChI=1S/C10H11N3O6/c11-4-13-6(15)1-2-12(10(13)18)9-8(17)7(16)5(3-14)19-9/h1-2,5,7-9,14,16-17H,3H2/t5-,7-,8-,9-/m1/s1. The Labute approximate surface area is 106 Å². The molecule has 0 aliphatic carbocycles. The van der Waals surface area contributed by atoms with Crippen molar-refractivity contribution < 1.29 is 20.1 Å². The van der Waals surface area contributed by atoms with E-state index in [1.807, 2.05) is 0 Å². The lowest BCUT2D eigenvalue weighted by Crippen LogP contribution is -2.41. The summed E-state index contributed by atoms with van der Waals surface area (Å²) in [5, 5.41) is 37.0. The van der Waals surface area contributed by atoms with Crippen molar-refractivity contribution in [2.24, 2.45) is 0 Å². The van der Waals surface area contributed by atoms with Crippen molar-refractivity contribution in [3.63, 3.8) is 0 Å². The molecule has 1 aliphatic rings. The van der Waals surface area contributed by atoms with Crippen LogP contribution in [-0.2, 0) is 4.74 Å². The zero-order valence-electron chi connectivity index (χ0n) is 9.58. The Kier molecular flexibility index (Phi) is 3.50. The van der Waals surface area contributed by atoms with Crippen LogP contribution in [0, 0.1) is 11.5 Å². The smallest absolute Gasteiger partial charge is 0.346 e. The Balaban J connectivity index is 2.48. The van der Waals surface area contributed by atoms with Crippen molar-refractivity contribution in [3.8, 4) is 6.19 Å². The molecule has 4 atom stereocenters. The molecule has 9 nitrogen and oxygen atoms in total. The molecule has 3 N–H and O–H groups in total. The first-order chi connectivity index (χ1) is 9.01. The fourth-order valence-electron chi connectivity index (χ4n) is 1.89. The Hall–Kier alpha value is -1.99. The summed E-state index contributed by atoms with van der Waals surface area (Å²) >= 11 is 0. The minimum Gasteiger partial charge on any atom is -0.394 e. The van der Waals surface area contributed by atoms with E-state index in [0.717, 1.165) is 16.8 Å². The molecule has 0 saturated carbocycles. The molecule has 0 unspecified atom stereocenters. The quantitative estimate of drug-likeness (QED) is 0.518. The SMILES string of the molecule is N#Cn1c(=O)ccn([C@@H]2O[C@H](CO)[C@@H](O)[C@H]2O)c1=O. The van der Waals surface area contributed by atoms with E-state index < -0.39 is 42.4 Å². The maximum absolute atomic E-state index is 11.8. The number of nitriles is 1. The van der Waals surface area contributed by atoms with Gasteiger partial charge in [0.15, 0.2) is 12.4 Å². The molecule has 0 spiro atoms. The third-order valence-corrected chi connectivity index (χ3v) is 2.90. The van der Waals surface area contributed by atoms with Gasteiger partial charge in [-0.1, -0.05) is 0 Å². The fourth-order valence-corrected chi connectivity index (χ4v) is 1.89. The molecule has 1 saturated heterocycles. The second-order valence-corrected chi connectivity index (χ2v) is 4.01. The zero-order valence-corrected chi connectivity index (χ0v) is 9.58. The van der Waals surface area contributed by atoms with Crippen molar-refractivity contribution >= 4 is 0 Å². The van der Waals surface area contributed by atoms with E-state index in [2.05, 4.69) is 0 Å². The first kappa shape index (κ1) is 13.4. The van der Waals surface area contributed by atoms with Gasteiger partial charge in [0.2, 0.25) is 0 Å². The van der Waals surface area contributed by atoms with Crippen LogP contribution in [0.25, 0.3) is 0 Å². The highest BCUT2D eigenvalue weighted by atomic mass is 16.6. The lowest BCUT2D eigenvalue weighted by molar-refractivity contribution is -0.0553. The number of aliphatic hydroxyl groups is 3. The van der Waals surface area contributed by atoms with Crippen LogP contribution in [0.4, 0.5) is 0 Å². The Morgan fingerprint density at radius 3 is 2.58 bits per heavy atom. The van der Waals surface area contributed by atoms with Gasteiger partial charge in [0, 0.05) is 12.3 Å². The molecular weight excluding hydrogens is 258 g/mol. The first-order valence-corrected chi connectivity index (χ1v) is 5.38. The van der Waals surface area contributed by atoms with Crippen LogP contribution in [0.1, 0.15) is 6.23 Å². The highest BCUT2D eigenvalue weighted by molar-refractivity contribution is 4.97. The van der Waals surface area contributed by atoms with Gasteiger partial charge in [-0.2, -0.15) is 9.83 Å². The van der Waals surface area contributed by atoms with Gasteiger partial charge in [-0.25, -0.2) is 4.79 Å². The number of hydrogen-bond acceptors (Lipinski definition) is 7. The Morgan fingerprint density at radius 1 is 1.37 bits per heavy atom. The molecule has 0 amide bonds. The third kappa shape index (κ3) is 2.06. The van der Waals surface area contributed by atoms with E-state index in [4.69, 9.17) is 15.1 Å². The number of nitrogens with zero attached hydrogens (tertiary/aromatic N) is 3. The third-order valence-electron chi connectivity index (χ3n) is 2.90. The molecule has 102 valence electrons. The molecule has 2 rings (SSSR count). The van der Waals surface area contributed by atoms with Crippen LogP contribution in [0.2, 0.25) is 0 Å². The van der Waals surface area contributed by atoms with Crippen LogP contribution in [-0.4, -0.2) is 49.4 Å². The van der Waals surface area contributed by atoms with Gasteiger partial charge >= 0.3 is 5.69 Å². The summed E-state index contributed by atoms with van der Waals surface area (Å²) in [6, 6.07) is 0.958. The molecule has 0 radical (unpaired) electrons. The second-order valence-electron chi connectivity index (χ2n) is 4.01.